The fourth-order valence-corrected chi connectivity index (χ4v) is 1.49. The first-order valence-electron chi connectivity index (χ1n) is 5.64. The van der Waals surface area contributed by atoms with Gasteiger partial charge in [-0.1, -0.05) is 29.1 Å². The molecule has 0 saturated carbocycles. The van der Waals surface area contributed by atoms with Crippen LogP contribution in [0.4, 0.5) is 5.69 Å². The molecule has 0 saturated heterocycles. The van der Waals surface area contributed by atoms with Crippen molar-refractivity contribution >= 4 is 11.6 Å². The molecule has 5 nitrogen and oxygen atoms in total. The first kappa shape index (κ1) is 12.9. The highest BCUT2D eigenvalue weighted by Gasteiger charge is 2.12. The molecule has 1 aromatic heterocycles. The van der Waals surface area contributed by atoms with Gasteiger partial charge in [0.25, 0.3) is 5.91 Å². The SMILES string of the molecule is Cc1cc(C(=O)Nc2ccccc2C#CCO)on1. The number of nitrogens with zero attached hydrogens (tertiary/aromatic N) is 1. The summed E-state index contributed by atoms with van der Waals surface area (Å²) in [5.74, 6) is 5.06. The van der Waals surface area contributed by atoms with Gasteiger partial charge < -0.3 is 14.9 Å². The predicted octanol–water partition coefficient (Wildman–Crippen LogP) is 1.58. The van der Waals surface area contributed by atoms with E-state index in [0.717, 1.165) is 0 Å². The number of aliphatic hydroxyl groups is 1. The van der Waals surface area contributed by atoms with E-state index in [9.17, 15) is 4.79 Å². The number of carbonyl (C=O) groups is 1. The van der Waals surface area contributed by atoms with E-state index in [1.54, 1.807) is 37.3 Å². The molecule has 0 atom stereocenters. The molecule has 5 heteroatoms. The van der Waals surface area contributed by atoms with Crippen LogP contribution in [0.3, 0.4) is 0 Å². The summed E-state index contributed by atoms with van der Waals surface area (Å²) in [6.07, 6.45) is 0. The van der Waals surface area contributed by atoms with Gasteiger partial charge in [-0.05, 0) is 19.1 Å². The lowest BCUT2D eigenvalue weighted by molar-refractivity contribution is 0.0988. The zero-order valence-corrected chi connectivity index (χ0v) is 10.3. The number of benzene rings is 1. The Bertz CT molecular complexity index is 650. The van der Waals surface area contributed by atoms with Crippen LogP contribution in [0.15, 0.2) is 34.9 Å². The van der Waals surface area contributed by atoms with Gasteiger partial charge >= 0.3 is 0 Å². The molecule has 0 bridgehead atoms. The summed E-state index contributed by atoms with van der Waals surface area (Å²) in [5, 5.41) is 15.0. The van der Waals surface area contributed by atoms with Crippen molar-refractivity contribution in [3.63, 3.8) is 0 Å². The predicted molar refractivity (Wildman–Crippen MR) is 69.6 cm³/mol. The number of aliphatic hydroxyl groups excluding tert-OH is 1. The van der Waals surface area contributed by atoms with Gasteiger partial charge in [-0.15, -0.1) is 0 Å². The number of para-hydroxylation sites is 1. The third-order valence-electron chi connectivity index (χ3n) is 2.33. The van der Waals surface area contributed by atoms with Crippen LogP contribution in [0.2, 0.25) is 0 Å². The van der Waals surface area contributed by atoms with Gasteiger partial charge in [-0.3, -0.25) is 4.79 Å². The number of hydrogen-bond donors (Lipinski definition) is 2. The van der Waals surface area contributed by atoms with Crippen molar-refractivity contribution in [1.82, 2.24) is 5.16 Å². The fraction of sp³-hybridized carbons (Fsp3) is 0.143. The second kappa shape index (κ2) is 5.85. The van der Waals surface area contributed by atoms with Gasteiger partial charge in [0.05, 0.1) is 11.4 Å². The van der Waals surface area contributed by atoms with Gasteiger partial charge in [0.15, 0.2) is 0 Å². The molecule has 0 aliphatic rings. The minimum absolute atomic E-state index is 0.141. The van der Waals surface area contributed by atoms with E-state index in [0.29, 0.717) is 16.9 Å². The first-order valence-corrected chi connectivity index (χ1v) is 5.64. The van der Waals surface area contributed by atoms with E-state index in [2.05, 4.69) is 22.3 Å². The monoisotopic (exact) mass is 256 g/mol. The van der Waals surface area contributed by atoms with Crippen LogP contribution in [-0.4, -0.2) is 22.8 Å². The topological polar surface area (TPSA) is 75.4 Å². The smallest absolute Gasteiger partial charge is 0.294 e. The van der Waals surface area contributed by atoms with Crippen LogP contribution < -0.4 is 5.32 Å². The van der Waals surface area contributed by atoms with E-state index in [4.69, 9.17) is 9.63 Å². The normalized spacial score (nSPS) is 9.58. The Morgan fingerprint density at radius 3 is 2.95 bits per heavy atom. The van der Waals surface area contributed by atoms with Crippen LogP contribution in [-0.2, 0) is 0 Å². The zero-order chi connectivity index (χ0) is 13.7. The zero-order valence-electron chi connectivity index (χ0n) is 10.3. The summed E-state index contributed by atoms with van der Waals surface area (Å²) < 4.78 is 4.88. The third-order valence-corrected chi connectivity index (χ3v) is 2.33. The second-order valence-corrected chi connectivity index (χ2v) is 3.79. The minimum atomic E-state index is -0.390. The molecule has 0 spiro atoms. The fourth-order valence-electron chi connectivity index (χ4n) is 1.49. The van der Waals surface area contributed by atoms with Crippen molar-refractivity contribution in [3.8, 4) is 11.8 Å². The van der Waals surface area contributed by atoms with Crippen LogP contribution in [0.1, 0.15) is 21.8 Å². The molecule has 1 aromatic carbocycles. The quantitative estimate of drug-likeness (QED) is 0.800. The number of anilines is 1. The van der Waals surface area contributed by atoms with Crippen LogP contribution in [0, 0.1) is 18.8 Å². The summed E-state index contributed by atoms with van der Waals surface area (Å²) in [5.41, 5.74) is 1.82. The van der Waals surface area contributed by atoms with Crippen LogP contribution in [0.5, 0.6) is 0 Å². The van der Waals surface area contributed by atoms with Crippen LogP contribution >= 0.6 is 0 Å². The molecule has 0 radical (unpaired) electrons. The molecular formula is C14H12N2O3. The van der Waals surface area contributed by atoms with Gasteiger partial charge in [0.2, 0.25) is 5.76 Å². The number of amides is 1. The van der Waals surface area contributed by atoms with Crippen molar-refractivity contribution in [2.24, 2.45) is 0 Å². The average molecular weight is 256 g/mol. The van der Waals surface area contributed by atoms with Gasteiger partial charge in [-0.2, -0.15) is 0 Å². The third kappa shape index (κ3) is 3.21. The number of rotatable bonds is 2. The van der Waals surface area contributed by atoms with Gasteiger partial charge in [-0.25, -0.2) is 0 Å². The number of carbonyl (C=O) groups excluding carboxylic acids is 1. The van der Waals surface area contributed by atoms with E-state index in [1.807, 2.05) is 0 Å². The summed E-state index contributed by atoms with van der Waals surface area (Å²) in [6, 6.07) is 8.62. The molecule has 2 N–H and O–H groups in total. The summed E-state index contributed by atoms with van der Waals surface area (Å²) >= 11 is 0. The van der Waals surface area contributed by atoms with E-state index >= 15 is 0 Å². The number of aryl methyl sites for hydroxylation is 1. The highest BCUT2D eigenvalue weighted by atomic mass is 16.5. The van der Waals surface area contributed by atoms with E-state index in [1.165, 1.54) is 0 Å². The number of hydrogen-bond acceptors (Lipinski definition) is 4. The molecule has 19 heavy (non-hydrogen) atoms. The van der Waals surface area contributed by atoms with Crippen LogP contribution in [0.25, 0.3) is 0 Å². The Balaban J connectivity index is 2.21. The summed E-state index contributed by atoms with van der Waals surface area (Å²) in [7, 11) is 0. The molecule has 1 heterocycles. The maximum atomic E-state index is 11.9. The maximum absolute atomic E-state index is 11.9. The van der Waals surface area contributed by atoms with Gasteiger partial charge in [0.1, 0.15) is 6.61 Å². The van der Waals surface area contributed by atoms with Crippen molar-refractivity contribution < 1.29 is 14.4 Å². The van der Waals surface area contributed by atoms with E-state index in [-0.39, 0.29) is 18.3 Å². The molecular weight excluding hydrogens is 244 g/mol. The molecule has 0 unspecified atom stereocenters. The molecule has 0 aliphatic heterocycles. The maximum Gasteiger partial charge on any atom is 0.294 e. The highest BCUT2D eigenvalue weighted by molar-refractivity contribution is 6.02. The Hall–Kier alpha value is -2.58. The summed E-state index contributed by atoms with van der Waals surface area (Å²) in [6.45, 7) is 1.50. The van der Waals surface area contributed by atoms with Crippen molar-refractivity contribution in [2.45, 2.75) is 6.92 Å². The number of nitrogens with one attached hydrogen (secondary N) is 1. The molecule has 1 amide bonds. The van der Waals surface area contributed by atoms with Crippen molar-refractivity contribution in [2.75, 3.05) is 11.9 Å². The Morgan fingerprint density at radius 2 is 2.26 bits per heavy atom. The molecule has 2 aromatic rings. The lowest BCUT2D eigenvalue weighted by Crippen LogP contribution is -2.11. The Kier molecular flexibility index (Phi) is 3.96. The number of aromatic nitrogens is 1. The second-order valence-electron chi connectivity index (χ2n) is 3.79. The van der Waals surface area contributed by atoms with Crippen molar-refractivity contribution in [1.29, 1.82) is 0 Å². The Morgan fingerprint density at radius 1 is 1.47 bits per heavy atom. The molecule has 0 aliphatic carbocycles. The van der Waals surface area contributed by atoms with E-state index < -0.39 is 0 Å². The highest BCUT2D eigenvalue weighted by Crippen LogP contribution is 2.15. The lowest BCUT2D eigenvalue weighted by Gasteiger charge is -2.04. The molecule has 0 fully saturated rings. The first-order chi connectivity index (χ1) is 9.20. The Labute approximate surface area is 110 Å². The molecule has 96 valence electrons. The summed E-state index contributed by atoms with van der Waals surface area (Å²) in [4.78, 5) is 11.9. The lowest BCUT2D eigenvalue weighted by atomic mass is 10.2. The molecule has 2 rings (SSSR count). The largest absolute Gasteiger partial charge is 0.384 e. The van der Waals surface area contributed by atoms with Crippen molar-refractivity contribution in [3.05, 3.63) is 47.3 Å². The minimum Gasteiger partial charge on any atom is -0.384 e. The van der Waals surface area contributed by atoms with Gasteiger partial charge in [0, 0.05) is 11.6 Å². The average Bonchev–Trinajstić information content (AvgIpc) is 2.84. The standard InChI is InChI=1S/C14H12N2O3/c1-10-9-13(19-16-10)14(18)15-12-7-3-2-5-11(12)6-4-8-17/h2-3,5,7,9,17H,8H2,1H3,(H,15,18).